The molecule has 0 atom stereocenters. The summed E-state index contributed by atoms with van der Waals surface area (Å²) < 4.78 is 50.1. The maximum atomic E-state index is 13.4. The summed E-state index contributed by atoms with van der Waals surface area (Å²) in [5.74, 6) is -1.95. The number of hydrogen-bond acceptors (Lipinski definition) is 1. The Morgan fingerprint density at radius 3 is 2.44 bits per heavy atom. The third kappa shape index (κ3) is 3.87. The third-order valence-electron chi connectivity index (χ3n) is 2.20. The molecule has 1 amide bonds. The Morgan fingerprint density at radius 1 is 1.39 bits per heavy atom. The molecule has 0 aliphatic rings. The van der Waals surface area contributed by atoms with Gasteiger partial charge in [-0.1, -0.05) is 11.6 Å². The van der Waals surface area contributed by atoms with Crippen LogP contribution in [-0.2, 0) is 0 Å². The zero-order valence-electron chi connectivity index (χ0n) is 9.39. The topological polar surface area (TPSA) is 20.3 Å². The number of nitrogens with zero attached hydrogens (tertiary/aromatic N) is 1. The average molecular weight is 284 g/mol. The van der Waals surface area contributed by atoms with Gasteiger partial charge in [0.05, 0.1) is 5.56 Å². The second-order valence-corrected chi connectivity index (χ2v) is 4.00. The smallest absolute Gasteiger partial charge is 0.330 e. The molecule has 1 aromatic rings. The largest absolute Gasteiger partial charge is 0.406 e. The monoisotopic (exact) mass is 283 g/mol. The minimum absolute atomic E-state index is 0.0721. The first kappa shape index (κ1) is 14.8. The van der Waals surface area contributed by atoms with E-state index in [0.29, 0.717) is 4.90 Å². The number of benzene rings is 1. The fourth-order valence-corrected chi connectivity index (χ4v) is 1.54. The van der Waals surface area contributed by atoms with Crippen LogP contribution >= 0.6 is 11.6 Å². The molecule has 1 rings (SSSR count). The fourth-order valence-electron chi connectivity index (χ4n) is 1.38. The lowest BCUT2D eigenvalue weighted by atomic mass is 10.2. The van der Waals surface area contributed by atoms with Crippen LogP contribution in [0.15, 0.2) is 18.2 Å². The number of carbonyl (C=O) groups excluding carboxylic acids is 1. The van der Waals surface area contributed by atoms with E-state index in [1.54, 1.807) is 0 Å². The average Bonchev–Trinajstić information content (AvgIpc) is 2.24. The standard InChI is InChI=1S/C11H10ClF4NO/c1-2-17(6-11(14,15)16)10(18)8-4-3-7(12)5-9(8)13/h3-5H,2,6H2,1H3. The predicted molar refractivity (Wildman–Crippen MR) is 59.0 cm³/mol. The molecule has 0 heterocycles. The van der Waals surface area contributed by atoms with E-state index in [4.69, 9.17) is 11.6 Å². The molecule has 0 unspecified atom stereocenters. The summed E-state index contributed by atoms with van der Waals surface area (Å²) in [6, 6.07) is 3.20. The van der Waals surface area contributed by atoms with Crippen LogP contribution in [0.5, 0.6) is 0 Å². The van der Waals surface area contributed by atoms with Crippen molar-refractivity contribution in [3.63, 3.8) is 0 Å². The van der Waals surface area contributed by atoms with E-state index in [2.05, 4.69) is 0 Å². The lowest BCUT2D eigenvalue weighted by Crippen LogP contribution is -2.39. The molecule has 0 aliphatic heterocycles. The molecule has 0 bridgehead atoms. The van der Waals surface area contributed by atoms with Crippen molar-refractivity contribution in [2.75, 3.05) is 13.1 Å². The summed E-state index contributed by atoms with van der Waals surface area (Å²) in [5, 5.41) is 0.0721. The van der Waals surface area contributed by atoms with Gasteiger partial charge in [-0.3, -0.25) is 4.79 Å². The van der Waals surface area contributed by atoms with E-state index in [-0.39, 0.29) is 11.6 Å². The van der Waals surface area contributed by atoms with Gasteiger partial charge in [-0.25, -0.2) is 4.39 Å². The lowest BCUT2D eigenvalue weighted by molar-refractivity contribution is -0.140. The normalized spacial score (nSPS) is 11.4. The molecular formula is C11H10ClF4NO. The molecule has 0 radical (unpaired) electrons. The zero-order valence-corrected chi connectivity index (χ0v) is 10.1. The van der Waals surface area contributed by atoms with E-state index < -0.39 is 30.0 Å². The van der Waals surface area contributed by atoms with Gasteiger partial charge in [-0.2, -0.15) is 13.2 Å². The summed E-state index contributed by atoms with van der Waals surface area (Å²) >= 11 is 5.50. The van der Waals surface area contributed by atoms with E-state index in [1.165, 1.54) is 13.0 Å². The SMILES string of the molecule is CCN(CC(F)(F)F)C(=O)c1ccc(Cl)cc1F. The summed E-state index contributed by atoms with van der Waals surface area (Å²) in [4.78, 5) is 12.2. The molecule has 7 heteroatoms. The molecule has 1 aromatic carbocycles. The van der Waals surface area contributed by atoms with Crippen LogP contribution in [0.2, 0.25) is 5.02 Å². The highest BCUT2D eigenvalue weighted by molar-refractivity contribution is 6.30. The number of rotatable bonds is 3. The minimum atomic E-state index is -4.52. The highest BCUT2D eigenvalue weighted by atomic mass is 35.5. The summed E-state index contributed by atoms with van der Waals surface area (Å²) in [7, 11) is 0. The van der Waals surface area contributed by atoms with Crippen molar-refractivity contribution in [3.05, 3.63) is 34.6 Å². The fraction of sp³-hybridized carbons (Fsp3) is 0.364. The molecule has 100 valence electrons. The number of amides is 1. The Balaban J connectivity index is 2.97. The van der Waals surface area contributed by atoms with Crippen molar-refractivity contribution in [2.45, 2.75) is 13.1 Å². The van der Waals surface area contributed by atoms with Crippen LogP contribution in [-0.4, -0.2) is 30.1 Å². The Kier molecular flexibility index (Phi) is 4.56. The molecule has 0 saturated carbocycles. The van der Waals surface area contributed by atoms with Gasteiger partial charge < -0.3 is 4.90 Å². The van der Waals surface area contributed by atoms with Crippen molar-refractivity contribution < 1.29 is 22.4 Å². The van der Waals surface area contributed by atoms with Gasteiger partial charge in [-0.15, -0.1) is 0 Å². The number of carbonyl (C=O) groups is 1. The highest BCUT2D eigenvalue weighted by Crippen LogP contribution is 2.20. The summed E-state index contributed by atoms with van der Waals surface area (Å²) in [5.41, 5.74) is -0.425. The molecule has 18 heavy (non-hydrogen) atoms. The maximum absolute atomic E-state index is 13.4. The van der Waals surface area contributed by atoms with Crippen LogP contribution in [0, 0.1) is 5.82 Å². The van der Waals surface area contributed by atoms with Gasteiger partial charge in [0.25, 0.3) is 5.91 Å². The van der Waals surface area contributed by atoms with Crippen molar-refractivity contribution in [2.24, 2.45) is 0 Å². The number of hydrogen-bond donors (Lipinski definition) is 0. The first-order chi connectivity index (χ1) is 8.24. The Labute approximate surface area is 106 Å². The second kappa shape index (κ2) is 5.56. The van der Waals surface area contributed by atoms with E-state index in [0.717, 1.165) is 12.1 Å². The minimum Gasteiger partial charge on any atom is -0.330 e. The van der Waals surface area contributed by atoms with Crippen LogP contribution in [0.4, 0.5) is 17.6 Å². The van der Waals surface area contributed by atoms with E-state index in [1.807, 2.05) is 0 Å². The molecule has 0 aromatic heterocycles. The van der Waals surface area contributed by atoms with Gasteiger partial charge >= 0.3 is 6.18 Å². The Hall–Kier alpha value is -1.30. The third-order valence-corrected chi connectivity index (χ3v) is 2.44. The Bertz CT molecular complexity index is 447. The first-order valence-corrected chi connectivity index (χ1v) is 5.43. The molecule has 0 saturated heterocycles. The predicted octanol–water partition coefficient (Wildman–Crippen LogP) is 3.50. The van der Waals surface area contributed by atoms with Gasteiger partial charge in [0.2, 0.25) is 0 Å². The summed E-state index contributed by atoms with van der Waals surface area (Å²) in [6.07, 6.45) is -4.52. The Morgan fingerprint density at radius 2 is 2.00 bits per heavy atom. The van der Waals surface area contributed by atoms with Crippen molar-refractivity contribution >= 4 is 17.5 Å². The second-order valence-electron chi connectivity index (χ2n) is 3.56. The van der Waals surface area contributed by atoms with Crippen LogP contribution in [0.1, 0.15) is 17.3 Å². The van der Waals surface area contributed by atoms with Crippen molar-refractivity contribution in [1.82, 2.24) is 4.90 Å². The van der Waals surface area contributed by atoms with Crippen molar-refractivity contribution in [3.8, 4) is 0 Å². The molecule has 0 aliphatic carbocycles. The molecule has 0 fully saturated rings. The maximum Gasteiger partial charge on any atom is 0.406 e. The first-order valence-electron chi connectivity index (χ1n) is 5.05. The molecular weight excluding hydrogens is 274 g/mol. The van der Waals surface area contributed by atoms with Gasteiger partial charge in [0.15, 0.2) is 0 Å². The molecule has 2 nitrogen and oxygen atoms in total. The summed E-state index contributed by atoms with van der Waals surface area (Å²) in [6.45, 7) is -0.192. The number of halogens is 5. The van der Waals surface area contributed by atoms with Crippen molar-refractivity contribution in [1.29, 1.82) is 0 Å². The zero-order chi connectivity index (χ0) is 13.9. The lowest BCUT2D eigenvalue weighted by Gasteiger charge is -2.22. The van der Waals surface area contributed by atoms with Crippen LogP contribution in [0.3, 0.4) is 0 Å². The molecule has 0 spiro atoms. The molecule has 0 N–H and O–H groups in total. The van der Waals surface area contributed by atoms with Gasteiger partial charge in [0, 0.05) is 11.6 Å². The van der Waals surface area contributed by atoms with Crippen LogP contribution < -0.4 is 0 Å². The van der Waals surface area contributed by atoms with E-state index >= 15 is 0 Å². The highest BCUT2D eigenvalue weighted by Gasteiger charge is 2.33. The van der Waals surface area contributed by atoms with Gasteiger partial charge in [0.1, 0.15) is 12.4 Å². The quantitative estimate of drug-likeness (QED) is 0.778. The van der Waals surface area contributed by atoms with Gasteiger partial charge in [-0.05, 0) is 25.1 Å². The van der Waals surface area contributed by atoms with E-state index in [9.17, 15) is 22.4 Å². The number of alkyl halides is 3. The van der Waals surface area contributed by atoms with Crippen LogP contribution in [0.25, 0.3) is 0 Å².